The van der Waals surface area contributed by atoms with E-state index in [-0.39, 0.29) is 0 Å². The van der Waals surface area contributed by atoms with Crippen LogP contribution in [0.25, 0.3) is 10.2 Å². The molecule has 0 radical (unpaired) electrons. The quantitative estimate of drug-likeness (QED) is 0.660. The highest BCUT2D eigenvalue weighted by molar-refractivity contribution is 7.22. The number of nitrogens with zero attached hydrogens (tertiary/aromatic N) is 1. The van der Waals surface area contributed by atoms with Gasteiger partial charge in [-0.25, -0.2) is 9.78 Å². The summed E-state index contributed by atoms with van der Waals surface area (Å²) in [6.45, 7) is 5.94. The van der Waals surface area contributed by atoms with Crippen LogP contribution in [0.2, 0.25) is 4.47 Å². The fourth-order valence-electron chi connectivity index (χ4n) is 1.68. The number of benzene rings is 1. The van der Waals surface area contributed by atoms with E-state index >= 15 is 0 Å². The molecule has 1 amide bonds. The Morgan fingerprint density at radius 3 is 2.95 bits per heavy atom. The standard InChI is InChI=1S/C16H17ClN2O2S/c1-16(2,3)21-15(20)18-9-5-4-6-11-7-8-12-13(10-11)22-14(17)19-12/h7-8,10H,5,9H2,1-3H3,(H,18,20). The first-order valence-electron chi connectivity index (χ1n) is 6.85. The van der Waals surface area contributed by atoms with Crippen LogP contribution in [0.5, 0.6) is 0 Å². The maximum Gasteiger partial charge on any atom is 0.407 e. The van der Waals surface area contributed by atoms with Crippen LogP contribution in [0.4, 0.5) is 4.79 Å². The number of alkyl carbamates (subject to hydrolysis) is 1. The lowest BCUT2D eigenvalue weighted by Gasteiger charge is -2.19. The van der Waals surface area contributed by atoms with Crippen molar-refractivity contribution in [1.29, 1.82) is 0 Å². The molecule has 116 valence electrons. The zero-order valence-corrected chi connectivity index (χ0v) is 14.3. The smallest absolute Gasteiger partial charge is 0.407 e. The summed E-state index contributed by atoms with van der Waals surface area (Å²) in [4.78, 5) is 15.6. The lowest BCUT2D eigenvalue weighted by Crippen LogP contribution is -2.32. The molecule has 22 heavy (non-hydrogen) atoms. The van der Waals surface area contributed by atoms with Gasteiger partial charge in [-0.15, -0.1) is 11.3 Å². The van der Waals surface area contributed by atoms with Gasteiger partial charge in [-0.3, -0.25) is 0 Å². The van der Waals surface area contributed by atoms with Crippen molar-refractivity contribution in [3.05, 3.63) is 28.2 Å². The molecule has 0 spiro atoms. The van der Waals surface area contributed by atoms with E-state index in [1.165, 1.54) is 11.3 Å². The van der Waals surface area contributed by atoms with Gasteiger partial charge in [-0.2, -0.15) is 0 Å². The van der Waals surface area contributed by atoms with Gasteiger partial charge in [0.15, 0.2) is 4.47 Å². The summed E-state index contributed by atoms with van der Waals surface area (Å²) >= 11 is 7.31. The van der Waals surface area contributed by atoms with E-state index in [9.17, 15) is 4.79 Å². The molecule has 6 heteroatoms. The molecular formula is C16H17ClN2O2S. The van der Waals surface area contributed by atoms with E-state index in [0.717, 1.165) is 15.8 Å². The van der Waals surface area contributed by atoms with Gasteiger partial charge in [0.1, 0.15) is 5.60 Å². The molecule has 0 aliphatic rings. The van der Waals surface area contributed by atoms with Crippen molar-refractivity contribution in [3.8, 4) is 11.8 Å². The Labute approximate surface area is 138 Å². The highest BCUT2D eigenvalue weighted by Crippen LogP contribution is 2.26. The molecule has 4 nitrogen and oxygen atoms in total. The second-order valence-corrected chi connectivity index (χ2v) is 7.24. The molecule has 0 atom stereocenters. The number of fused-ring (bicyclic) bond motifs is 1. The Kier molecular flexibility index (Phi) is 5.28. The molecule has 1 heterocycles. The van der Waals surface area contributed by atoms with Gasteiger partial charge in [0.05, 0.1) is 10.2 Å². The van der Waals surface area contributed by atoms with Gasteiger partial charge in [0.2, 0.25) is 0 Å². The van der Waals surface area contributed by atoms with Crippen LogP contribution in [0, 0.1) is 11.8 Å². The molecule has 1 aromatic carbocycles. The minimum Gasteiger partial charge on any atom is -0.444 e. The third-order valence-electron chi connectivity index (χ3n) is 2.51. The Hall–Kier alpha value is -1.77. The number of carbonyl (C=O) groups excluding carboxylic acids is 1. The van der Waals surface area contributed by atoms with Gasteiger partial charge < -0.3 is 10.1 Å². The Bertz CT molecular complexity index is 738. The van der Waals surface area contributed by atoms with E-state index in [1.54, 1.807) is 0 Å². The van der Waals surface area contributed by atoms with E-state index in [2.05, 4.69) is 22.1 Å². The van der Waals surface area contributed by atoms with E-state index < -0.39 is 11.7 Å². The fourth-order valence-corrected chi connectivity index (χ4v) is 2.75. The van der Waals surface area contributed by atoms with Crippen molar-refractivity contribution in [1.82, 2.24) is 10.3 Å². The van der Waals surface area contributed by atoms with Gasteiger partial charge in [-0.1, -0.05) is 23.4 Å². The van der Waals surface area contributed by atoms with E-state index in [1.807, 2.05) is 39.0 Å². The minimum absolute atomic E-state index is 0.421. The largest absolute Gasteiger partial charge is 0.444 e. The lowest BCUT2D eigenvalue weighted by molar-refractivity contribution is 0.0529. The number of ether oxygens (including phenoxy) is 1. The minimum atomic E-state index is -0.485. The second kappa shape index (κ2) is 6.99. The van der Waals surface area contributed by atoms with Crippen LogP contribution in [0.15, 0.2) is 18.2 Å². The van der Waals surface area contributed by atoms with Crippen LogP contribution in [0.3, 0.4) is 0 Å². The number of hydrogen-bond acceptors (Lipinski definition) is 4. The lowest BCUT2D eigenvalue weighted by atomic mass is 10.2. The van der Waals surface area contributed by atoms with Crippen molar-refractivity contribution in [2.45, 2.75) is 32.8 Å². The summed E-state index contributed by atoms with van der Waals surface area (Å²) in [7, 11) is 0. The summed E-state index contributed by atoms with van der Waals surface area (Å²) < 4.78 is 6.68. The first-order valence-corrected chi connectivity index (χ1v) is 8.05. The number of thiazole rings is 1. The van der Waals surface area contributed by atoms with Crippen molar-refractivity contribution in [2.24, 2.45) is 0 Å². The maximum atomic E-state index is 11.4. The molecule has 0 aliphatic heterocycles. The zero-order valence-electron chi connectivity index (χ0n) is 12.7. The average molecular weight is 337 g/mol. The van der Waals surface area contributed by atoms with Crippen LogP contribution in [-0.4, -0.2) is 23.2 Å². The SMILES string of the molecule is CC(C)(C)OC(=O)NCCC#Cc1ccc2nc(Cl)sc2c1. The molecule has 2 aromatic rings. The van der Waals surface area contributed by atoms with Gasteiger partial charge in [0, 0.05) is 18.5 Å². The summed E-state index contributed by atoms with van der Waals surface area (Å²) in [5.74, 6) is 6.08. The summed E-state index contributed by atoms with van der Waals surface area (Å²) in [5, 5.41) is 2.67. The van der Waals surface area contributed by atoms with Crippen LogP contribution < -0.4 is 5.32 Å². The highest BCUT2D eigenvalue weighted by atomic mass is 35.5. The number of carbonyl (C=O) groups is 1. The third kappa shape index (κ3) is 5.21. The number of aromatic nitrogens is 1. The first kappa shape index (κ1) is 16.6. The fraction of sp³-hybridized carbons (Fsp3) is 0.375. The molecule has 0 aliphatic carbocycles. The topological polar surface area (TPSA) is 51.2 Å². The number of halogens is 1. The van der Waals surface area contributed by atoms with Gasteiger partial charge in [0.25, 0.3) is 0 Å². The summed E-state index contributed by atoms with van der Waals surface area (Å²) in [6, 6.07) is 5.78. The van der Waals surface area contributed by atoms with Crippen molar-refractivity contribution in [3.63, 3.8) is 0 Å². The first-order chi connectivity index (χ1) is 10.3. The predicted octanol–water partition coefficient (Wildman–Crippen LogP) is 4.22. The Balaban J connectivity index is 1.84. The van der Waals surface area contributed by atoms with Crippen LogP contribution in [-0.2, 0) is 4.74 Å². The van der Waals surface area contributed by atoms with Gasteiger partial charge in [-0.05, 0) is 39.0 Å². The molecule has 0 saturated heterocycles. The zero-order chi connectivity index (χ0) is 16.2. The molecule has 0 saturated carbocycles. The molecular weight excluding hydrogens is 320 g/mol. The normalized spacial score (nSPS) is 10.9. The van der Waals surface area contributed by atoms with E-state index in [4.69, 9.17) is 16.3 Å². The molecule has 2 rings (SSSR count). The predicted molar refractivity (Wildman–Crippen MR) is 90.4 cm³/mol. The molecule has 1 N–H and O–H groups in total. The average Bonchev–Trinajstić information content (AvgIpc) is 2.75. The van der Waals surface area contributed by atoms with Crippen LogP contribution >= 0.6 is 22.9 Å². The number of rotatable bonds is 2. The molecule has 1 aromatic heterocycles. The maximum absolute atomic E-state index is 11.4. The van der Waals surface area contributed by atoms with Crippen molar-refractivity contribution in [2.75, 3.05) is 6.54 Å². The molecule has 0 unspecified atom stereocenters. The number of nitrogens with one attached hydrogen (secondary N) is 1. The van der Waals surface area contributed by atoms with Crippen molar-refractivity contribution >= 4 is 39.2 Å². The van der Waals surface area contributed by atoms with Gasteiger partial charge >= 0.3 is 6.09 Å². The van der Waals surface area contributed by atoms with Crippen molar-refractivity contribution < 1.29 is 9.53 Å². The molecule has 0 fully saturated rings. The third-order valence-corrected chi connectivity index (χ3v) is 3.64. The Morgan fingerprint density at radius 1 is 1.45 bits per heavy atom. The molecule has 0 bridgehead atoms. The summed E-state index contributed by atoms with van der Waals surface area (Å²) in [5.41, 5.74) is 1.30. The number of amides is 1. The van der Waals surface area contributed by atoms with Crippen LogP contribution in [0.1, 0.15) is 32.8 Å². The number of hydrogen-bond donors (Lipinski definition) is 1. The summed E-state index contributed by atoms with van der Waals surface area (Å²) in [6.07, 6.45) is 0.135. The Morgan fingerprint density at radius 2 is 2.23 bits per heavy atom. The van der Waals surface area contributed by atoms with E-state index in [0.29, 0.717) is 17.4 Å². The monoisotopic (exact) mass is 336 g/mol. The highest BCUT2D eigenvalue weighted by Gasteiger charge is 2.15. The second-order valence-electron chi connectivity index (χ2n) is 5.63.